The molecule has 0 aliphatic carbocycles. The molecule has 0 unspecified atom stereocenters. The van der Waals surface area contributed by atoms with Gasteiger partial charge in [-0.25, -0.2) is 4.79 Å². The lowest BCUT2D eigenvalue weighted by molar-refractivity contribution is 0.0636. The van der Waals surface area contributed by atoms with Gasteiger partial charge in [0.05, 0.1) is 0 Å². The maximum absolute atomic E-state index is 11.7. The lowest BCUT2D eigenvalue weighted by Crippen LogP contribution is -2.71. The minimum absolute atomic E-state index is 0.418. The molecular formula is C19H32IN3O2. The number of amides is 1. The number of rotatable bonds is 2. The Morgan fingerprint density at radius 1 is 1.16 bits per heavy atom. The number of anilines is 2. The third-order valence-electron chi connectivity index (χ3n) is 3.93. The van der Waals surface area contributed by atoms with Crippen LogP contribution in [-0.4, -0.2) is 42.8 Å². The average Bonchev–Trinajstić information content (AvgIpc) is 2.48. The fourth-order valence-corrected chi connectivity index (χ4v) is 2.83. The number of nitrogens with zero attached hydrogens (tertiary/aromatic N) is 1. The van der Waals surface area contributed by atoms with Gasteiger partial charge in [0.15, 0.2) is 0 Å². The van der Waals surface area contributed by atoms with Crippen LogP contribution in [0.15, 0.2) is 24.3 Å². The van der Waals surface area contributed by atoms with E-state index in [0.29, 0.717) is 5.41 Å². The van der Waals surface area contributed by atoms with Gasteiger partial charge < -0.3 is 15.0 Å². The maximum Gasteiger partial charge on any atom is 0.412 e. The molecule has 0 bridgehead atoms. The minimum Gasteiger partial charge on any atom is -0.444 e. The van der Waals surface area contributed by atoms with Crippen molar-refractivity contribution in [2.24, 2.45) is 5.41 Å². The first-order chi connectivity index (χ1) is 11.9. The van der Waals surface area contributed by atoms with Crippen LogP contribution in [0.4, 0.5) is 16.2 Å². The van der Waals surface area contributed by atoms with E-state index < -0.39 is 11.7 Å². The first-order valence-corrected chi connectivity index (χ1v) is 10.9. The number of hydrogen-bond donors (Lipinski definition) is 2. The number of benzene rings is 1. The molecule has 0 atom stereocenters. The molecule has 2 heterocycles. The summed E-state index contributed by atoms with van der Waals surface area (Å²) in [6.07, 6.45) is -0.418. The highest BCUT2D eigenvalue weighted by molar-refractivity contribution is 14.1. The van der Waals surface area contributed by atoms with E-state index in [1.165, 1.54) is 5.69 Å². The molecule has 3 rings (SSSR count). The van der Waals surface area contributed by atoms with Crippen LogP contribution in [0.3, 0.4) is 0 Å². The third-order valence-corrected chi connectivity index (χ3v) is 3.93. The van der Waals surface area contributed by atoms with Crippen molar-refractivity contribution in [1.29, 1.82) is 0 Å². The van der Waals surface area contributed by atoms with E-state index in [9.17, 15) is 4.79 Å². The van der Waals surface area contributed by atoms with Crippen LogP contribution >= 0.6 is 22.6 Å². The minimum atomic E-state index is -0.479. The standard InChI is InChI=1S/C16H23N3O2.C2H6.CH3I/c1-15(2,3)21-14(20)18-12-4-6-13(7-5-12)19-10-16(11-19)8-17-9-16;2*1-2/h4-7,17H,8-11H2,1-3H3,(H,18,20);1-2H3;1H3. The molecule has 142 valence electrons. The Bertz CT molecular complexity index is 529. The molecule has 1 aromatic carbocycles. The zero-order valence-electron chi connectivity index (χ0n) is 16.3. The molecule has 2 saturated heterocycles. The second-order valence-corrected chi connectivity index (χ2v) is 7.13. The molecular weight excluding hydrogens is 429 g/mol. The monoisotopic (exact) mass is 461 g/mol. The number of nitrogens with one attached hydrogen (secondary N) is 2. The van der Waals surface area contributed by atoms with Crippen LogP contribution in [0, 0.1) is 5.41 Å². The predicted molar refractivity (Wildman–Crippen MR) is 115 cm³/mol. The number of carbonyl (C=O) groups excluding carboxylic acids is 1. The van der Waals surface area contributed by atoms with Gasteiger partial charge in [0.2, 0.25) is 0 Å². The van der Waals surface area contributed by atoms with Crippen LogP contribution in [0.5, 0.6) is 0 Å². The van der Waals surface area contributed by atoms with Gasteiger partial charge in [0.1, 0.15) is 5.60 Å². The first-order valence-electron chi connectivity index (χ1n) is 8.79. The zero-order valence-corrected chi connectivity index (χ0v) is 18.4. The van der Waals surface area contributed by atoms with Crippen molar-refractivity contribution in [2.75, 3.05) is 41.3 Å². The predicted octanol–water partition coefficient (Wildman–Crippen LogP) is 4.52. The van der Waals surface area contributed by atoms with Crippen LogP contribution < -0.4 is 15.5 Å². The van der Waals surface area contributed by atoms with Gasteiger partial charge in [-0.15, -0.1) is 0 Å². The molecule has 0 aromatic heterocycles. The van der Waals surface area contributed by atoms with E-state index in [1.807, 2.05) is 63.8 Å². The molecule has 2 aliphatic heterocycles. The topological polar surface area (TPSA) is 53.6 Å². The van der Waals surface area contributed by atoms with Crippen LogP contribution in [0.1, 0.15) is 34.6 Å². The molecule has 2 N–H and O–H groups in total. The fraction of sp³-hybridized carbons (Fsp3) is 0.632. The molecule has 2 aliphatic rings. The van der Waals surface area contributed by atoms with Gasteiger partial charge in [0.25, 0.3) is 0 Å². The second kappa shape index (κ2) is 9.62. The van der Waals surface area contributed by atoms with Crippen molar-refractivity contribution < 1.29 is 9.53 Å². The molecule has 25 heavy (non-hydrogen) atoms. The number of alkyl halides is 1. The van der Waals surface area contributed by atoms with Crippen molar-refractivity contribution in [3.8, 4) is 0 Å². The van der Waals surface area contributed by atoms with Crippen molar-refractivity contribution in [3.63, 3.8) is 0 Å². The van der Waals surface area contributed by atoms with Gasteiger partial charge in [-0.05, 0) is 50.0 Å². The van der Waals surface area contributed by atoms with Crippen molar-refractivity contribution in [3.05, 3.63) is 24.3 Å². The van der Waals surface area contributed by atoms with Crippen molar-refractivity contribution in [2.45, 2.75) is 40.2 Å². The lowest BCUT2D eigenvalue weighted by atomic mass is 9.74. The summed E-state index contributed by atoms with van der Waals surface area (Å²) in [5.41, 5.74) is 2.01. The largest absolute Gasteiger partial charge is 0.444 e. The normalized spacial score (nSPS) is 17.0. The van der Waals surface area contributed by atoms with E-state index in [4.69, 9.17) is 4.74 Å². The molecule has 5 nitrogen and oxygen atoms in total. The summed E-state index contributed by atoms with van der Waals surface area (Å²) in [5, 5.41) is 6.09. The number of hydrogen-bond acceptors (Lipinski definition) is 4. The SMILES string of the molecule is CC.CC(C)(C)OC(=O)Nc1ccc(N2CC3(CNC3)C2)cc1.CI. The van der Waals surface area contributed by atoms with Crippen LogP contribution in [0.2, 0.25) is 0 Å². The number of ether oxygens (including phenoxy) is 1. The Balaban J connectivity index is 0.000000730. The smallest absolute Gasteiger partial charge is 0.412 e. The summed E-state index contributed by atoms with van der Waals surface area (Å²) in [6.45, 7) is 14.1. The van der Waals surface area contributed by atoms with Gasteiger partial charge in [-0.1, -0.05) is 36.4 Å². The van der Waals surface area contributed by atoms with E-state index in [1.54, 1.807) is 0 Å². The molecule has 2 fully saturated rings. The molecule has 1 spiro atoms. The van der Waals surface area contributed by atoms with Gasteiger partial charge in [0, 0.05) is 43.0 Å². The number of halogens is 1. The second-order valence-electron chi connectivity index (χ2n) is 7.13. The quantitative estimate of drug-likeness (QED) is 0.503. The van der Waals surface area contributed by atoms with E-state index in [-0.39, 0.29) is 0 Å². The summed E-state index contributed by atoms with van der Waals surface area (Å²) >= 11 is 2.15. The van der Waals surface area contributed by atoms with Crippen molar-refractivity contribution in [1.82, 2.24) is 5.32 Å². The maximum atomic E-state index is 11.7. The summed E-state index contributed by atoms with van der Waals surface area (Å²) in [5.74, 6) is 0. The van der Waals surface area contributed by atoms with E-state index in [2.05, 4.69) is 38.1 Å². The van der Waals surface area contributed by atoms with E-state index in [0.717, 1.165) is 31.9 Å². The lowest BCUT2D eigenvalue weighted by Gasteiger charge is -2.57. The van der Waals surface area contributed by atoms with Crippen molar-refractivity contribution >= 4 is 40.1 Å². The third kappa shape index (κ3) is 6.33. The summed E-state index contributed by atoms with van der Waals surface area (Å²) in [6, 6.07) is 7.93. The molecule has 1 aromatic rings. The highest BCUT2D eigenvalue weighted by atomic mass is 127. The molecule has 0 saturated carbocycles. The average molecular weight is 461 g/mol. The Hall–Kier alpha value is -1.02. The van der Waals surface area contributed by atoms with Crippen LogP contribution in [-0.2, 0) is 4.74 Å². The number of carbonyl (C=O) groups is 1. The van der Waals surface area contributed by atoms with Gasteiger partial charge in [-0.3, -0.25) is 5.32 Å². The Morgan fingerprint density at radius 3 is 2.08 bits per heavy atom. The van der Waals surface area contributed by atoms with E-state index >= 15 is 0 Å². The Morgan fingerprint density at radius 2 is 1.68 bits per heavy atom. The highest BCUT2D eigenvalue weighted by Gasteiger charge is 2.47. The highest BCUT2D eigenvalue weighted by Crippen LogP contribution is 2.37. The van der Waals surface area contributed by atoms with Crippen LogP contribution in [0.25, 0.3) is 0 Å². The summed E-state index contributed by atoms with van der Waals surface area (Å²) < 4.78 is 5.23. The summed E-state index contributed by atoms with van der Waals surface area (Å²) in [7, 11) is 0. The zero-order chi connectivity index (χ0) is 19.1. The Labute approximate surface area is 166 Å². The molecule has 1 amide bonds. The van der Waals surface area contributed by atoms with Gasteiger partial charge in [-0.2, -0.15) is 0 Å². The van der Waals surface area contributed by atoms with Gasteiger partial charge >= 0.3 is 6.09 Å². The summed E-state index contributed by atoms with van der Waals surface area (Å²) in [4.78, 5) is 16.0. The molecule has 0 radical (unpaired) electrons. The first kappa shape index (κ1) is 22.0. The Kier molecular flexibility index (Phi) is 8.47. The fourth-order valence-electron chi connectivity index (χ4n) is 2.83. The molecule has 6 heteroatoms.